The van der Waals surface area contributed by atoms with Gasteiger partial charge in [-0.3, -0.25) is 9.59 Å². The maximum atomic E-state index is 14.4. The quantitative estimate of drug-likeness (QED) is 0.405. The van der Waals surface area contributed by atoms with Gasteiger partial charge in [-0.2, -0.15) is 0 Å². The van der Waals surface area contributed by atoms with Crippen molar-refractivity contribution in [2.75, 3.05) is 0 Å². The predicted molar refractivity (Wildman–Crippen MR) is 151 cm³/mol. The SMILES string of the molecule is Cc1ccc(C)c(C(C(=O)NC2CCCCC2)N(C(=O)C(CC(C)C)NC(=O)OC(C)(C)C)C2CCC2)c1. The summed E-state index contributed by atoms with van der Waals surface area (Å²) in [7, 11) is 0. The third-order valence-electron chi connectivity index (χ3n) is 7.63. The van der Waals surface area contributed by atoms with Gasteiger partial charge in [-0.15, -0.1) is 0 Å². The number of alkyl carbamates (subject to hydrolysis) is 1. The first-order chi connectivity index (χ1) is 17.9. The van der Waals surface area contributed by atoms with Crippen LogP contribution in [0.1, 0.15) is 115 Å². The van der Waals surface area contributed by atoms with Gasteiger partial charge in [0, 0.05) is 12.1 Å². The lowest BCUT2D eigenvalue weighted by molar-refractivity contribution is -0.148. The molecule has 2 fully saturated rings. The third-order valence-corrected chi connectivity index (χ3v) is 7.63. The molecule has 2 unspecified atom stereocenters. The molecule has 7 heteroatoms. The molecule has 2 saturated carbocycles. The molecule has 0 radical (unpaired) electrons. The summed E-state index contributed by atoms with van der Waals surface area (Å²) in [6, 6.07) is 4.67. The lowest BCUT2D eigenvalue weighted by Crippen LogP contribution is -2.58. The first kappa shape index (κ1) is 30.0. The van der Waals surface area contributed by atoms with E-state index in [0.29, 0.717) is 6.42 Å². The molecule has 3 amide bonds. The van der Waals surface area contributed by atoms with Crippen molar-refractivity contribution in [3.05, 3.63) is 34.9 Å². The Balaban J connectivity index is 2.00. The monoisotopic (exact) mass is 527 g/mol. The second-order valence-electron chi connectivity index (χ2n) is 12.8. The molecule has 7 nitrogen and oxygen atoms in total. The van der Waals surface area contributed by atoms with Crippen LogP contribution >= 0.6 is 0 Å². The van der Waals surface area contributed by atoms with Gasteiger partial charge < -0.3 is 20.3 Å². The highest BCUT2D eigenvalue weighted by Gasteiger charge is 2.43. The summed E-state index contributed by atoms with van der Waals surface area (Å²) in [4.78, 5) is 43.1. The second kappa shape index (κ2) is 13.0. The normalized spacial score (nSPS) is 18.3. The van der Waals surface area contributed by atoms with Crippen molar-refractivity contribution in [3.8, 4) is 0 Å². The zero-order valence-corrected chi connectivity index (χ0v) is 24.6. The van der Waals surface area contributed by atoms with E-state index < -0.39 is 23.8 Å². The smallest absolute Gasteiger partial charge is 0.408 e. The Morgan fingerprint density at radius 2 is 1.66 bits per heavy atom. The fraction of sp³-hybridized carbons (Fsp3) is 0.710. The molecule has 1 aromatic rings. The lowest BCUT2D eigenvalue weighted by atomic mass is 9.86. The number of rotatable bonds is 9. The van der Waals surface area contributed by atoms with Crippen LogP contribution in [-0.4, -0.2) is 46.5 Å². The van der Waals surface area contributed by atoms with E-state index in [2.05, 4.69) is 10.6 Å². The van der Waals surface area contributed by atoms with Crippen molar-refractivity contribution >= 4 is 17.9 Å². The summed E-state index contributed by atoms with van der Waals surface area (Å²) < 4.78 is 5.51. The minimum absolute atomic E-state index is 0.0420. The maximum Gasteiger partial charge on any atom is 0.408 e. The van der Waals surface area contributed by atoms with Crippen molar-refractivity contribution in [3.63, 3.8) is 0 Å². The van der Waals surface area contributed by atoms with Gasteiger partial charge in [0.05, 0.1) is 0 Å². The molecule has 2 aliphatic carbocycles. The summed E-state index contributed by atoms with van der Waals surface area (Å²) >= 11 is 0. The molecule has 2 N–H and O–H groups in total. The number of carbonyl (C=O) groups excluding carboxylic acids is 3. The average molecular weight is 528 g/mol. The minimum Gasteiger partial charge on any atom is -0.444 e. The van der Waals surface area contributed by atoms with E-state index in [1.807, 2.05) is 45.9 Å². The van der Waals surface area contributed by atoms with Crippen LogP contribution < -0.4 is 10.6 Å². The van der Waals surface area contributed by atoms with E-state index in [1.54, 1.807) is 25.7 Å². The van der Waals surface area contributed by atoms with Gasteiger partial charge in [-0.1, -0.05) is 56.9 Å². The molecular formula is C31H49N3O4. The standard InChI is InChI=1S/C31H49N3O4/c1-20(2)18-26(33-30(37)38-31(5,6)7)29(36)34(24-14-11-15-24)27(25-19-21(3)16-17-22(25)4)28(35)32-23-12-9-8-10-13-23/h16-17,19-20,23-24,26-27H,8-15,18H2,1-7H3,(H,32,35)(H,33,37). The average Bonchev–Trinajstić information content (AvgIpc) is 2.78. The summed E-state index contributed by atoms with van der Waals surface area (Å²) in [5, 5.41) is 6.17. The van der Waals surface area contributed by atoms with E-state index in [9.17, 15) is 14.4 Å². The van der Waals surface area contributed by atoms with Crippen molar-refractivity contribution in [1.82, 2.24) is 15.5 Å². The highest BCUT2D eigenvalue weighted by Crippen LogP contribution is 2.36. The Morgan fingerprint density at radius 3 is 2.21 bits per heavy atom. The van der Waals surface area contributed by atoms with Gasteiger partial charge in [0.1, 0.15) is 17.7 Å². The van der Waals surface area contributed by atoms with Crippen molar-refractivity contribution < 1.29 is 19.1 Å². The molecule has 212 valence electrons. The Bertz CT molecular complexity index is 974. The fourth-order valence-electron chi connectivity index (χ4n) is 5.50. The predicted octanol–water partition coefficient (Wildman–Crippen LogP) is 6.11. The summed E-state index contributed by atoms with van der Waals surface area (Å²) in [6.07, 6.45) is 7.94. The summed E-state index contributed by atoms with van der Waals surface area (Å²) in [5.74, 6) is -0.164. The molecule has 38 heavy (non-hydrogen) atoms. The summed E-state index contributed by atoms with van der Waals surface area (Å²) in [5.41, 5.74) is 2.22. The Morgan fingerprint density at radius 1 is 1.00 bits per heavy atom. The number of ether oxygens (including phenoxy) is 1. The Labute approximate surface area is 229 Å². The number of hydrogen-bond donors (Lipinski definition) is 2. The molecule has 0 aliphatic heterocycles. The Hall–Kier alpha value is -2.57. The van der Waals surface area contributed by atoms with E-state index in [4.69, 9.17) is 4.74 Å². The van der Waals surface area contributed by atoms with Crippen molar-refractivity contribution in [2.45, 2.75) is 136 Å². The molecule has 2 aliphatic rings. The van der Waals surface area contributed by atoms with Crippen molar-refractivity contribution in [2.24, 2.45) is 5.92 Å². The number of benzene rings is 1. The van der Waals surface area contributed by atoms with Crippen LogP contribution in [0.5, 0.6) is 0 Å². The largest absolute Gasteiger partial charge is 0.444 e. The highest BCUT2D eigenvalue weighted by molar-refractivity contribution is 5.92. The van der Waals surface area contributed by atoms with Crippen LogP contribution in [0.2, 0.25) is 0 Å². The van der Waals surface area contributed by atoms with E-state index >= 15 is 0 Å². The molecule has 1 aromatic carbocycles. The van der Waals surface area contributed by atoms with Gasteiger partial charge in [0.15, 0.2) is 0 Å². The van der Waals surface area contributed by atoms with Gasteiger partial charge in [-0.25, -0.2) is 4.79 Å². The van der Waals surface area contributed by atoms with Gasteiger partial charge in [0.2, 0.25) is 11.8 Å². The molecule has 0 bridgehead atoms. The molecule has 2 atom stereocenters. The van der Waals surface area contributed by atoms with E-state index in [-0.39, 0.29) is 29.8 Å². The van der Waals surface area contributed by atoms with Crippen LogP contribution in [0.3, 0.4) is 0 Å². The topological polar surface area (TPSA) is 87.7 Å². The first-order valence-corrected chi connectivity index (χ1v) is 14.5. The van der Waals surface area contributed by atoms with Gasteiger partial charge >= 0.3 is 6.09 Å². The molecule has 0 spiro atoms. The third kappa shape index (κ3) is 8.21. The number of carbonyl (C=O) groups is 3. The van der Waals surface area contributed by atoms with Crippen LogP contribution in [0.4, 0.5) is 4.79 Å². The minimum atomic E-state index is -0.777. The number of aryl methyl sites for hydroxylation is 2. The number of hydrogen-bond acceptors (Lipinski definition) is 4. The molecule has 0 aromatic heterocycles. The number of nitrogens with one attached hydrogen (secondary N) is 2. The van der Waals surface area contributed by atoms with Crippen LogP contribution in [0, 0.1) is 19.8 Å². The van der Waals surface area contributed by atoms with E-state index in [0.717, 1.165) is 61.6 Å². The Kier molecular flexibility index (Phi) is 10.2. The molecule has 0 heterocycles. The van der Waals surface area contributed by atoms with Gasteiger partial charge in [0.25, 0.3) is 0 Å². The second-order valence-corrected chi connectivity index (χ2v) is 12.8. The van der Waals surface area contributed by atoms with Crippen molar-refractivity contribution in [1.29, 1.82) is 0 Å². The number of amides is 3. The fourth-order valence-corrected chi connectivity index (χ4v) is 5.50. The first-order valence-electron chi connectivity index (χ1n) is 14.5. The van der Waals surface area contributed by atoms with Crippen LogP contribution in [0.15, 0.2) is 18.2 Å². The highest BCUT2D eigenvalue weighted by atomic mass is 16.6. The zero-order chi connectivity index (χ0) is 28.0. The van der Waals surface area contributed by atoms with Crippen LogP contribution in [0.25, 0.3) is 0 Å². The molecule has 0 saturated heterocycles. The summed E-state index contributed by atoms with van der Waals surface area (Å²) in [6.45, 7) is 13.5. The lowest BCUT2D eigenvalue weighted by Gasteiger charge is -2.44. The number of nitrogens with zero attached hydrogens (tertiary/aromatic N) is 1. The van der Waals surface area contributed by atoms with Gasteiger partial charge in [-0.05, 0) is 90.2 Å². The molecular weight excluding hydrogens is 478 g/mol. The zero-order valence-electron chi connectivity index (χ0n) is 24.6. The maximum absolute atomic E-state index is 14.4. The van der Waals surface area contributed by atoms with E-state index in [1.165, 1.54) is 6.42 Å². The molecule has 3 rings (SSSR count). The van der Waals surface area contributed by atoms with Crippen LogP contribution in [-0.2, 0) is 14.3 Å².